The molecule has 0 saturated heterocycles. The Balaban J connectivity index is 2.68. The molecule has 14 heavy (non-hydrogen) atoms. The van der Waals surface area contributed by atoms with Crippen LogP contribution in [0.2, 0.25) is 0 Å². The highest BCUT2D eigenvalue weighted by molar-refractivity contribution is 9.10. The summed E-state index contributed by atoms with van der Waals surface area (Å²) in [5.74, 6) is -0.638. The van der Waals surface area contributed by atoms with Crippen LogP contribution < -0.4 is 5.32 Å². The van der Waals surface area contributed by atoms with Crippen LogP contribution in [0.15, 0.2) is 22.7 Å². The van der Waals surface area contributed by atoms with Crippen LogP contribution in [0.5, 0.6) is 0 Å². The molecule has 5 heteroatoms. The largest absolute Gasteiger partial charge is 0.375 e. The molecule has 1 amide bonds. The number of carbonyl (C=O) groups is 1. The zero-order chi connectivity index (χ0) is 10.6. The molecule has 0 spiro atoms. The summed E-state index contributed by atoms with van der Waals surface area (Å²) >= 11 is 3.02. The van der Waals surface area contributed by atoms with E-state index < -0.39 is 0 Å². The molecule has 0 heterocycles. The summed E-state index contributed by atoms with van der Waals surface area (Å²) in [6.07, 6.45) is 0. The van der Waals surface area contributed by atoms with E-state index in [1.54, 1.807) is 0 Å². The highest BCUT2D eigenvalue weighted by Crippen LogP contribution is 2.19. The first-order chi connectivity index (χ1) is 6.63. The predicted molar refractivity (Wildman–Crippen MR) is 54.6 cm³/mol. The van der Waals surface area contributed by atoms with Crippen molar-refractivity contribution in [3.8, 4) is 0 Å². The minimum absolute atomic E-state index is 0.0189. The van der Waals surface area contributed by atoms with Crippen molar-refractivity contribution < 1.29 is 13.9 Å². The van der Waals surface area contributed by atoms with Crippen molar-refractivity contribution in [2.45, 2.75) is 0 Å². The first kappa shape index (κ1) is 11.1. The second-order valence-corrected chi connectivity index (χ2v) is 3.46. The van der Waals surface area contributed by atoms with E-state index in [2.05, 4.69) is 26.0 Å². The average Bonchev–Trinajstić information content (AvgIpc) is 2.12. The molecule has 0 aliphatic rings. The number of rotatable bonds is 3. The summed E-state index contributed by atoms with van der Waals surface area (Å²) in [4.78, 5) is 11.1. The van der Waals surface area contributed by atoms with Gasteiger partial charge in [-0.15, -0.1) is 0 Å². The number of ether oxygens (including phenoxy) is 1. The van der Waals surface area contributed by atoms with E-state index in [1.807, 2.05) is 0 Å². The third-order valence-electron chi connectivity index (χ3n) is 1.48. The second-order valence-electron chi connectivity index (χ2n) is 2.61. The van der Waals surface area contributed by atoms with Gasteiger partial charge < -0.3 is 10.1 Å². The lowest BCUT2D eigenvalue weighted by Gasteiger charge is -2.04. The van der Waals surface area contributed by atoms with Gasteiger partial charge in [0, 0.05) is 12.8 Å². The van der Waals surface area contributed by atoms with Gasteiger partial charge in [-0.25, -0.2) is 4.39 Å². The van der Waals surface area contributed by atoms with Crippen molar-refractivity contribution >= 4 is 27.5 Å². The van der Waals surface area contributed by atoms with Crippen molar-refractivity contribution in [1.82, 2.24) is 0 Å². The van der Waals surface area contributed by atoms with E-state index in [1.165, 1.54) is 25.3 Å². The first-order valence-electron chi connectivity index (χ1n) is 3.87. The third-order valence-corrected chi connectivity index (χ3v) is 2.09. The molecular formula is C9H9BrFNO2. The smallest absolute Gasteiger partial charge is 0.250 e. The third kappa shape index (κ3) is 3.08. The van der Waals surface area contributed by atoms with E-state index in [0.29, 0.717) is 10.2 Å². The SMILES string of the molecule is COCC(=O)Nc1ccc(F)c(Br)c1. The molecule has 1 aromatic rings. The van der Waals surface area contributed by atoms with E-state index in [0.717, 1.165) is 0 Å². The summed E-state index contributed by atoms with van der Waals surface area (Å²) < 4.78 is 17.7. The predicted octanol–water partition coefficient (Wildman–Crippen LogP) is 2.17. The molecule has 1 rings (SSSR count). The molecule has 1 aromatic carbocycles. The van der Waals surface area contributed by atoms with Crippen LogP contribution in [0, 0.1) is 5.82 Å². The van der Waals surface area contributed by atoms with Gasteiger partial charge in [-0.3, -0.25) is 4.79 Å². The monoisotopic (exact) mass is 261 g/mol. The Bertz CT molecular complexity index is 344. The standard InChI is InChI=1S/C9H9BrFNO2/c1-14-5-9(13)12-6-2-3-8(11)7(10)4-6/h2-4H,5H2,1H3,(H,12,13). The van der Waals surface area contributed by atoms with E-state index >= 15 is 0 Å². The normalized spacial score (nSPS) is 9.93. The van der Waals surface area contributed by atoms with Gasteiger partial charge in [-0.2, -0.15) is 0 Å². The Hall–Kier alpha value is -0.940. The van der Waals surface area contributed by atoms with Crippen molar-refractivity contribution in [2.24, 2.45) is 0 Å². The molecule has 0 fully saturated rings. The molecule has 0 aromatic heterocycles. The summed E-state index contributed by atoms with van der Waals surface area (Å²) in [6.45, 7) is -0.0189. The summed E-state index contributed by atoms with van der Waals surface area (Å²) in [5, 5.41) is 2.55. The fraction of sp³-hybridized carbons (Fsp3) is 0.222. The highest BCUT2D eigenvalue weighted by Gasteiger charge is 2.03. The van der Waals surface area contributed by atoms with Crippen LogP contribution in [-0.4, -0.2) is 19.6 Å². The minimum atomic E-state index is -0.366. The topological polar surface area (TPSA) is 38.3 Å². The number of nitrogens with one attached hydrogen (secondary N) is 1. The van der Waals surface area contributed by atoms with Gasteiger partial charge in [0.05, 0.1) is 4.47 Å². The first-order valence-corrected chi connectivity index (χ1v) is 4.66. The Morgan fingerprint density at radius 2 is 2.36 bits per heavy atom. The molecule has 0 saturated carbocycles. The van der Waals surface area contributed by atoms with Gasteiger partial charge in [0.15, 0.2) is 0 Å². The Morgan fingerprint density at radius 1 is 1.64 bits per heavy atom. The number of amides is 1. The van der Waals surface area contributed by atoms with Crippen molar-refractivity contribution in [1.29, 1.82) is 0 Å². The number of hydrogen-bond acceptors (Lipinski definition) is 2. The lowest BCUT2D eigenvalue weighted by atomic mass is 10.3. The average molecular weight is 262 g/mol. The number of benzene rings is 1. The van der Waals surface area contributed by atoms with Crippen LogP contribution in [0.25, 0.3) is 0 Å². The maximum atomic E-state index is 12.8. The van der Waals surface area contributed by atoms with Gasteiger partial charge in [0.1, 0.15) is 12.4 Å². The molecule has 0 radical (unpaired) electrons. The van der Waals surface area contributed by atoms with Gasteiger partial charge in [-0.1, -0.05) is 0 Å². The zero-order valence-corrected chi connectivity index (χ0v) is 9.10. The van der Waals surface area contributed by atoms with Crippen LogP contribution in [-0.2, 0) is 9.53 Å². The van der Waals surface area contributed by atoms with Crippen LogP contribution in [0.1, 0.15) is 0 Å². The fourth-order valence-electron chi connectivity index (χ4n) is 0.902. The van der Waals surface area contributed by atoms with Gasteiger partial charge >= 0.3 is 0 Å². The molecule has 0 unspecified atom stereocenters. The lowest BCUT2D eigenvalue weighted by Crippen LogP contribution is -2.17. The summed E-state index contributed by atoms with van der Waals surface area (Å²) in [6, 6.07) is 4.24. The number of halogens is 2. The van der Waals surface area contributed by atoms with Gasteiger partial charge in [-0.05, 0) is 34.1 Å². The molecule has 76 valence electrons. The number of carbonyl (C=O) groups excluding carboxylic acids is 1. The summed E-state index contributed by atoms with van der Waals surface area (Å²) in [7, 11) is 1.43. The van der Waals surface area contributed by atoms with Crippen molar-refractivity contribution in [3.63, 3.8) is 0 Å². The maximum Gasteiger partial charge on any atom is 0.250 e. The quantitative estimate of drug-likeness (QED) is 0.906. The second kappa shape index (κ2) is 5.07. The molecule has 0 bridgehead atoms. The zero-order valence-electron chi connectivity index (χ0n) is 7.51. The molecule has 0 aliphatic carbocycles. The van der Waals surface area contributed by atoms with Crippen molar-refractivity contribution in [2.75, 3.05) is 19.0 Å². The van der Waals surface area contributed by atoms with E-state index in [-0.39, 0.29) is 18.3 Å². The lowest BCUT2D eigenvalue weighted by molar-refractivity contribution is -0.119. The molecule has 0 aliphatic heterocycles. The number of methoxy groups -OCH3 is 1. The van der Waals surface area contributed by atoms with E-state index in [4.69, 9.17) is 0 Å². The van der Waals surface area contributed by atoms with Crippen LogP contribution >= 0.6 is 15.9 Å². The fourth-order valence-corrected chi connectivity index (χ4v) is 1.28. The van der Waals surface area contributed by atoms with Gasteiger partial charge in [0.25, 0.3) is 0 Å². The molecule has 0 atom stereocenters. The minimum Gasteiger partial charge on any atom is -0.375 e. The Kier molecular flexibility index (Phi) is 4.03. The number of hydrogen-bond donors (Lipinski definition) is 1. The molecule has 3 nitrogen and oxygen atoms in total. The van der Waals surface area contributed by atoms with Crippen LogP contribution in [0.3, 0.4) is 0 Å². The van der Waals surface area contributed by atoms with E-state index in [9.17, 15) is 9.18 Å². The summed E-state index contributed by atoms with van der Waals surface area (Å²) in [5.41, 5.74) is 0.528. The molecule has 1 N–H and O–H groups in total. The molecular weight excluding hydrogens is 253 g/mol. The highest BCUT2D eigenvalue weighted by atomic mass is 79.9. The van der Waals surface area contributed by atoms with Crippen LogP contribution in [0.4, 0.5) is 10.1 Å². The van der Waals surface area contributed by atoms with Crippen molar-refractivity contribution in [3.05, 3.63) is 28.5 Å². The Labute approximate surface area is 89.4 Å². The maximum absolute atomic E-state index is 12.8. The Morgan fingerprint density at radius 3 is 2.93 bits per heavy atom. The number of anilines is 1. The van der Waals surface area contributed by atoms with Gasteiger partial charge in [0.2, 0.25) is 5.91 Å².